The Balaban J connectivity index is 2.06. The third-order valence-corrected chi connectivity index (χ3v) is 3.99. The third-order valence-electron chi connectivity index (χ3n) is 3.76. The van der Waals surface area contributed by atoms with Crippen molar-refractivity contribution in [1.29, 1.82) is 0 Å². The monoisotopic (exact) mass is 337 g/mol. The molecule has 0 saturated heterocycles. The van der Waals surface area contributed by atoms with Crippen molar-refractivity contribution in [1.82, 2.24) is 14.4 Å². The van der Waals surface area contributed by atoms with E-state index in [1.165, 1.54) is 6.07 Å². The minimum absolute atomic E-state index is 0.0446. The molecule has 1 aromatic carbocycles. The van der Waals surface area contributed by atoms with Crippen LogP contribution in [0.4, 0.5) is 0 Å². The highest BCUT2D eigenvalue weighted by Crippen LogP contribution is 2.36. The van der Waals surface area contributed by atoms with Gasteiger partial charge in [-0.25, -0.2) is 4.98 Å². The second-order valence-corrected chi connectivity index (χ2v) is 5.71. The molecule has 0 aliphatic heterocycles. The van der Waals surface area contributed by atoms with Crippen LogP contribution in [0.25, 0.3) is 28.3 Å². The van der Waals surface area contributed by atoms with Gasteiger partial charge in [0.2, 0.25) is 0 Å². The van der Waals surface area contributed by atoms with Crippen LogP contribution in [0.15, 0.2) is 60.9 Å². The van der Waals surface area contributed by atoms with Gasteiger partial charge in [-0.1, -0.05) is 17.7 Å². The zero-order valence-corrected chi connectivity index (χ0v) is 13.1. The van der Waals surface area contributed by atoms with Gasteiger partial charge in [-0.15, -0.1) is 0 Å². The van der Waals surface area contributed by atoms with Crippen LogP contribution < -0.4 is 0 Å². The molecule has 24 heavy (non-hydrogen) atoms. The molecule has 0 unspecified atom stereocenters. The molecule has 4 aromatic rings. The van der Waals surface area contributed by atoms with E-state index in [0.717, 1.165) is 5.52 Å². The number of halogens is 1. The van der Waals surface area contributed by atoms with Crippen molar-refractivity contribution >= 4 is 17.1 Å². The molecule has 0 saturated carbocycles. The van der Waals surface area contributed by atoms with Gasteiger partial charge in [-0.2, -0.15) is 0 Å². The number of aromatic nitrogens is 3. The summed E-state index contributed by atoms with van der Waals surface area (Å²) in [5.74, 6) is 0.640. The zero-order valence-electron chi connectivity index (χ0n) is 12.4. The lowest BCUT2D eigenvalue weighted by atomic mass is 10.2. The lowest BCUT2D eigenvalue weighted by Crippen LogP contribution is -1.89. The Morgan fingerprint density at radius 3 is 2.62 bits per heavy atom. The van der Waals surface area contributed by atoms with Crippen molar-refractivity contribution in [2.24, 2.45) is 0 Å². The number of hydrogen-bond donors (Lipinski definition) is 2. The van der Waals surface area contributed by atoms with E-state index in [0.29, 0.717) is 27.8 Å². The molecule has 0 spiro atoms. The number of fused-ring (bicyclic) bond motifs is 1. The number of nitrogens with zero attached hydrogens (tertiary/aromatic N) is 3. The summed E-state index contributed by atoms with van der Waals surface area (Å²) in [4.78, 5) is 8.85. The van der Waals surface area contributed by atoms with Crippen LogP contribution in [0.2, 0.25) is 5.02 Å². The third kappa shape index (κ3) is 2.26. The Morgan fingerprint density at radius 2 is 1.79 bits per heavy atom. The molecule has 118 valence electrons. The highest BCUT2D eigenvalue weighted by molar-refractivity contribution is 6.30. The lowest BCUT2D eigenvalue weighted by molar-refractivity contribution is 0.475. The Labute approximate surface area is 142 Å². The van der Waals surface area contributed by atoms with Gasteiger partial charge in [0, 0.05) is 17.4 Å². The first-order valence-corrected chi connectivity index (χ1v) is 7.63. The van der Waals surface area contributed by atoms with Gasteiger partial charge in [-0.3, -0.25) is 9.38 Å². The van der Waals surface area contributed by atoms with Crippen molar-refractivity contribution in [2.45, 2.75) is 0 Å². The van der Waals surface area contributed by atoms with Crippen molar-refractivity contribution in [3.05, 3.63) is 65.9 Å². The van der Waals surface area contributed by atoms with E-state index in [9.17, 15) is 10.2 Å². The fraction of sp³-hybridized carbons (Fsp3) is 0. The van der Waals surface area contributed by atoms with Crippen LogP contribution in [0.1, 0.15) is 0 Å². The molecular formula is C18H12ClN3O2. The number of phenolic OH excluding ortho intramolecular Hbond substituents is 1. The Kier molecular flexibility index (Phi) is 3.36. The summed E-state index contributed by atoms with van der Waals surface area (Å²) in [6, 6.07) is 13.6. The highest BCUT2D eigenvalue weighted by Gasteiger charge is 2.19. The smallest absolute Gasteiger partial charge is 0.149 e. The molecule has 0 atom stereocenters. The van der Waals surface area contributed by atoms with Gasteiger partial charge in [0.1, 0.15) is 28.7 Å². The van der Waals surface area contributed by atoms with E-state index >= 15 is 0 Å². The number of imidazole rings is 1. The fourth-order valence-corrected chi connectivity index (χ4v) is 2.84. The Hall–Kier alpha value is -3.05. The number of hydrogen-bond acceptors (Lipinski definition) is 4. The Bertz CT molecular complexity index is 1060. The number of benzene rings is 1. The van der Waals surface area contributed by atoms with Crippen molar-refractivity contribution in [2.75, 3.05) is 0 Å². The van der Waals surface area contributed by atoms with E-state index in [1.54, 1.807) is 30.5 Å². The maximum Gasteiger partial charge on any atom is 0.149 e. The molecule has 5 nitrogen and oxygen atoms in total. The topological polar surface area (TPSA) is 70.7 Å². The second-order valence-electron chi connectivity index (χ2n) is 5.27. The molecule has 3 aromatic heterocycles. The van der Waals surface area contributed by atoms with Crippen LogP contribution in [-0.2, 0) is 0 Å². The summed E-state index contributed by atoms with van der Waals surface area (Å²) in [6.07, 6.45) is 3.43. The van der Waals surface area contributed by atoms with Gasteiger partial charge in [0.25, 0.3) is 0 Å². The van der Waals surface area contributed by atoms with Crippen molar-refractivity contribution in [3.8, 4) is 34.3 Å². The molecule has 0 aliphatic carbocycles. The number of aromatic hydroxyl groups is 2. The molecule has 6 heteroatoms. The van der Waals surface area contributed by atoms with Crippen LogP contribution >= 0.6 is 11.6 Å². The van der Waals surface area contributed by atoms with Gasteiger partial charge >= 0.3 is 0 Å². The maximum atomic E-state index is 10.2. The minimum atomic E-state index is 0.0446. The normalized spacial score (nSPS) is 11.0. The number of phenols is 1. The highest BCUT2D eigenvalue weighted by atomic mass is 35.5. The predicted octanol–water partition coefficient (Wildman–Crippen LogP) is 4.13. The standard InChI is InChI=1S/C18H12ClN3O2/c19-11-6-7-14(23)12(10-11)18-21-16(13-4-1-2-9-22(13)18)17-15(24)5-3-8-20-17/h1-10,23-24H. The largest absolute Gasteiger partial charge is 0.507 e. The molecule has 0 fully saturated rings. The van der Waals surface area contributed by atoms with Gasteiger partial charge in [0.15, 0.2) is 0 Å². The summed E-state index contributed by atoms with van der Waals surface area (Å²) in [5.41, 5.74) is 2.18. The number of rotatable bonds is 2. The van der Waals surface area contributed by atoms with Gasteiger partial charge in [-0.05, 0) is 42.5 Å². The second kappa shape index (κ2) is 5.54. The SMILES string of the molecule is Oc1ccc(Cl)cc1-c1nc(-c2ncccc2O)c2ccccn12. The molecule has 2 N–H and O–H groups in total. The molecule has 3 heterocycles. The van der Waals surface area contributed by atoms with Crippen LogP contribution in [0.5, 0.6) is 11.5 Å². The first-order valence-electron chi connectivity index (χ1n) is 7.25. The quantitative estimate of drug-likeness (QED) is 0.577. The van der Waals surface area contributed by atoms with E-state index in [2.05, 4.69) is 9.97 Å². The summed E-state index contributed by atoms with van der Waals surface area (Å²) >= 11 is 6.07. The van der Waals surface area contributed by atoms with E-state index in [1.807, 2.05) is 28.8 Å². The summed E-state index contributed by atoms with van der Waals surface area (Å²) < 4.78 is 1.83. The molecule has 0 amide bonds. The van der Waals surface area contributed by atoms with Gasteiger partial charge in [0.05, 0.1) is 11.1 Å². The zero-order chi connectivity index (χ0) is 16.7. The van der Waals surface area contributed by atoms with Gasteiger partial charge < -0.3 is 10.2 Å². The van der Waals surface area contributed by atoms with E-state index in [4.69, 9.17) is 11.6 Å². The average molecular weight is 338 g/mol. The first-order chi connectivity index (χ1) is 11.6. The van der Waals surface area contributed by atoms with Crippen molar-refractivity contribution in [3.63, 3.8) is 0 Å². The van der Waals surface area contributed by atoms with Crippen molar-refractivity contribution < 1.29 is 10.2 Å². The van der Waals surface area contributed by atoms with E-state index in [-0.39, 0.29) is 11.5 Å². The average Bonchev–Trinajstić information content (AvgIpc) is 2.97. The summed E-state index contributed by atoms with van der Waals surface area (Å²) in [7, 11) is 0. The predicted molar refractivity (Wildman–Crippen MR) is 92.2 cm³/mol. The number of pyridine rings is 2. The maximum absolute atomic E-state index is 10.2. The Morgan fingerprint density at radius 1 is 0.917 bits per heavy atom. The lowest BCUT2D eigenvalue weighted by Gasteiger charge is -2.04. The molecule has 0 radical (unpaired) electrons. The molecule has 4 rings (SSSR count). The molecular weight excluding hydrogens is 326 g/mol. The van der Waals surface area contributed by atoms with Crippen LogP contribution in [0, 0.1) is 0 Å². The molecule has 0 bridgehead atoms. The minimum Gasteiger partial charge on any atom is -0.507 e. The van der Waals surface area contributed by atoms with Crippen LogP contribution in [-0.4, -0.2) is 24.6 Å². The van der Waals surface area contributed by atoms with Crippen LogP contribution in [0.3, 0.4) is 0 Å². The van der Waals surface area contributed by atoms with E-state index < -0.39 is 0 Å². The fourth-order valence-electron chi connectivity index (χ4n) is 2.67. The summed E-state index contributed by atoms with van der Waals surface area (Å²) in [6.45, 7) is 0. The summed E-state index contributed by atoms with van der Waals surface area (Å²) in [5, 5.41) is 20.8. The first kappa shape index (κ1) is 14.5. The molecule has 0 aliphatic rings.